The van der Waals surface area contributed by atoms with Crippen LogP contribution in [0.5, 0.6) is 0 Å². The van der Waals surface area contributed by atoms with E-state index < -0.39 is 11.9 Å². The molecule has 0 radical (unpaired) electrons. The molecule has 3 rings (SSSR count). The maximum Gasteiger partial charge on any atom is 0.338 e. The average molecular weight is 376 g/mol. The minimum absolute atomic E-state index is 0.121. The van der Waals surface area contributed by atoms with Gasteiger partial charge in [0.25, 0.3) is 0 Å². The Kier molecular flexibility index (Phi) is 5.40. The average Bonchev–Trinajstić information content (AvgIpc) is 3.15. The number of aromatic carboxylic acids is 1. The molecule has 0 fully saturated rings. The number of rotatable bonds is 5. The fourth-order valence-electron chi connectivity index (χ4n) is 2.86. The number of methoxy groups -OCH3 is 1. The Morgan fingerprint density at radius 2 is 1.89 bits per heavy atom. The van der Waals surface area contributed by atoms with Crippen LogP contribution in [0.3, 0.4) is 0 Å². The number of carbonyl (C=O) groups is 2. The summed E-state index contributed by atoms with van der Waals surface area (Å²) in [7, 11) is 1.34. The third-order valence-corrected chi connectivity index (χ3v) is 4.40. The first-order chi connectivity index (χ1) is 13.4. The monoisotopic (exact) mass is 376 g/mol. The Labute approximate surface area is 162 Å². The number of aliphatic imine (C=N–C) groups is 1. The first-order valence-corrected chi connectivity index (χ1v) is 8.55. The van der Waals surface area contributed by atoms with Crippen LogP contribution in [-0.2, 0) is 4.74 Å². The van der Waals surface area contributed by atoms with Crippen LogP contribution in [0.1, 0.15) is 37.6 Å². The molecule has 0 saturated carbocycles. The second kappa shape index (κ2) is 7.92. The summed E-state index contributed by atoms with van der Waals surface area (Å²) in [5.74, 6) is -0.498. The first kappa shape index (κ1) is 19.1. The SMILES string of the molecule is COC(=O)c1cccc(N=Cc2ccc(-c3ccc(C(=O)[O-])cc3C)o2)c1C. The number of hydrogen-bond acceptors (Lipinski definition) is 6. The number of esters is 1. The van der Waals surface area contributed by atoms with Gasteiger partial charge in [0.1, 0.15) is 11.5 Å². The van der Waals surface area contributed by atoms with E-state index in [0.717, 1.165) is 11.1 Å². The number of furan rings is 1. The summed E-state index contributed by atoms with van der Waals surface area (Å²) < 4.78 is 10.6. The van der Waals surface area contributed by atoms with Gasteiger partial charge in [-0.05, 0) is 60.9 Å². The van der Waals surface area contributed by atoms with E-state index in [2.05, 4.69) is 4.99 Å². The topological polar surface area (TPSA) is 91.9 Å². The maximum atomic E-state index is 11.8. The van der Waals surface area contributed by atoms with E-state index in [4.69, 9.17) is 9.15 Å². The zero-order chi connectivity index (χ0) is 20.3. The van der Waals surface area contributed by atoms with Gasteiger partial charge < -0.3 is 19.1 Å². The normalized spacial score (nSPS) is 11.0. The number of aryl methyl sites for hydroxylation is 1. The van der Waals surface area contributed by atoms with Gasteiger partial charge in [-0.25, -0.2) is 4.79 Å². The van der Waals surface area contributed by atoms with Crippen molar-refractivity contribution in [2.45, 2.75) is 13.8 Å². The number of hydrogen-bond donors (Lipinski definition) is 0. The number of ether oxygens (including phenoxy) is 1. The highest BCUT2D eigenvalue weighted by atomic mass is 16.5. The molecule has 0 atom stereocenters. The van der Waals surface area contributed by atoms with Crippen molar-refractivity contribution in [2.75, 3.05) is 7.11 Å². The van der Waals surface area contributed by atoms with Crippen molar-refractivity contribution < 1.29 is 23.8 Å². The van der Waals surface area contributed by atoms with Gasteiger partial charge in [-0.1, -0.05) is 18.2 Å². The fraction of sp³-hybridized carbons (Fsp3) is 0.136. The maximum absolute atomic E-state index is 11.8. The van der Waals surface area contributed by atoms with Gasteiger partial charge in [0.15, 0.2) is 0 Å². The van der Waals surface area contributed by atoms with Crippen LogP contribution in [-0.4, -0.2) is 25.3 Å². The van der Waals surface area contributed by atoms with Crippen LogP contribution in [0.4, 0.5) is 5.69 Å². The number of carboxylic acid groups (broad SMARTS) is 1. The Morgan fingerprint density at radius 1 is 1.11 bits per heavy atom. The van der Waals surface area contributed by atoms with Gasteiger partial charge in [0, 0.05) is 5.56 Å². The van der Waals surface area contributed by atoms with E-state index in [-0.39, 0.29) is 5.56 Å². The van der Waals surface area contributed by atoms with Gasteiger partial charge in [-0.3, -0.25) is 4.99 Å². The van der Waals surface area contributed by atoms with Gasteiger partial charge in [0.2, 0.25) is 0 Å². The molecule has 1 heterocycles. The zero-order valence-electron chi connectivity index (χ0n) is 15.7. The van der Waals surface area contributed by atoms with Crippen molar-refractivity contribution in [3.8, 4) is 11.3 Å². The molecule has 28 heavy (non-hydrogen) atoms. The van der Waals surface area contributed by atoms with E-state index >= 15 is 0 Å². The van der Waals surface area contributed by atoms with E-state index in [9.17, 15) is 14.7 Å². The summed E-state index contributed by atoms with van der Waals surface area (Å²) in [6.45, 7) is 3.61. The summed E-state index contributed by atoms with van der Waals surface area (Å²) in [5, 5.41) is 11.0. The number of carbonyl (C=O) groups excluding carboxylic acids is 2. The Bertz CT molecular complexity index is 1080. The van der Waals surface area contributed by atoms with Crippen LogP contribution in [0.15, 0.2) is 57.9 Å². The van der Waals surface area contributed by atoms with Gasteiger partial charge >= 0.3 is 5.97 Å². The molecule has 142 valence electrons. The van der Waals surface area contributed by atoms with Crippen LogP contribution in [0.2, 0.25) is 0 Å². The molecule has 3 aromatic rings. The zero-order valence-corrected chi connectivity index (χ0v) is 15.7. The predicted octanol–water partition coefficient (Wildman–Crippen LogP) is 3.46. The molecule has 0 saturated heterocycles. The van der Waals surface area contributed by atoms with E-state index in [0.29, 0.717) is 28.3 Å². The minimum Gasteiger partial charge on any atom is -0.545 e. The third kappa shape index (κ3) is 3.86. The molecule has 0 spiro atoms. The Morgan fingerprint density at radius 3 is 2.57 bits per heavy atom. The highest BCUT2D eigenvalue weighted by Crippen LogP contribution is 2.27. The van der Waals surface area contributed by atoms with Crippen molar-refractivity contribution >= 4 is 23.8 Å². The van der Waals surface area contributed by atoms with Crippen LogP contribution in [0, 0.1) is 13.8 Å². The molecule has 6 heteroatoms. The van der Waals surface area contributed by atoms with Crippen molar-refractivity contribution in [3.05, 3.63) is 76.5 Å². The van der Waals surface area contributed by atoms with Crippen LogP contribution < -0.4 is 5.11 Å². The summed E-state index contributed by atoms with van der Waals surface area (Å²) in [6, 6.07) is 13.5. The molecular formula is C22H18NO5-. The highest BCUT2D eigenvalue weighted by molar-refractivity contribution is 5.93. The van der Waals surface area contributed by atoms with E-state index in [1.165, 1.54) is 13.2 Å². The fourth-order valence-corrected chi connectivity index (χ4v) is 2.86. The standard InChI is InChI=1S/C22H19NO5/c1-13-11-15(21(24)25)7-9-17(13)20-10-8-16(28-20)12-23-19-6-4-5-18(14(19)2)22(26)27-3/h4-12H,1-3H3,(H,24,25)/p-1. The molecule has 0 N–H and O–H groups in total. The molecule has 0 aliphatic heterocycles. The molecule has 0 bridgehead atoms. The van der Waals surface area contributed by atoms with E-state index in [1.807, 2.05) is 0 Å². The summed E-state index contributed by atoms with van der Waals surface area (Å²) in [5.41, 5.74) is 3.48. The lowest BCUT2D eigenvalue weighted by Gasteiger charge is -2.07. The minimum atomic E-state index is -1.22. The molecular weight excluding hydrogens is 358 g/mol. The van der Waals surface area contributed by atoms with Crippen LogP contribution in [0.25, 0.3) is 11.3 Å². The smallest absolute Gasteiger partial charge is 0.338 e. The first-order valence-electron chi connectivity index (χ1n) is 8.55. The molecule has 1 aromatic heterocycles. The lowest BCUT2D eigenvalue weighted by Crippen LogP contribution is -2.22. The van der Waals surface area contributed by atoms with Crippen LogP contribution >= 0.6 is 0 Å². The molecule has 0 unspecified atom stereocenters. The van der Waals surface area contributed by atoms with Crippen molar-refractivity contribution in [1.29, 1.82) is 0 Å². The third-order valence-electron chi connectivity index (χ3n) is 4.40. The lowest BCUT2D eigenvalue weighted by atomic mass is 10.0. The lowest BCUT2D eigenvalue weighted by molar-refractivity contribution is -0.255. The molecule has 0 aliphatic carbocycles. The van der Waals surface area contributed by atoms with Gasteiger partial charge in [0.05, 0.1) is 30.5 Å². The second-order valence-electron chi connectivity index (χ2n) is 6.22. The number of benzene rings is 2. The van der Waals surface area contributed by atoms with E-state index in [1.54, 1.807) is 62.5 Å². The molecule has 2 aromatic carbocycles. The summed E-state index contributed by atoms with van der Waals surface area (Å²) in [4.78, 5) is 27.2. The Balaban J connectivity index is 1.86. The summed E-state index contributed by atoms with van der Waals surface area (Å²) in [6.07, 6.45) is 1.57. The predicted molar refractivity (Wildman–Crippen MR) is 103 cm³/mol. The second-order valence-corrected chi connectivity index (χ2v) is 6.22. The highest BCUT2D eigenvalue weighted by Gasteiger charge is 2.12. The largest absolute Gasteiger partial charge is 0.545 e. The van der Waals surface area contributed by atoms with Crippen molar-refractivity contribution in [3.63, 3.8) is 0 Å². The van der Waals surface area contributed by atoms with Gasteiger partial charge in [-0.15, -0.1) is 0 Å². The molecule has 6 nitrogen and oxygen atoms in total. The van der Waals surface area contributed by atoms with Gasteiger partial charge in [-0.2, -0.15) is 0 Å². The van der Waals surface area contributed by atoms with Crippen molar-refractivity contribution in [2.24, 2.45) is 4.99 Å². The number of carboxylic acids is 1. The molecule has 0 amide bonds. The quantitative estimate of drug-likeness (QED) is 0.502. The van der Waals surface area contributed by atoms with Crippen molar-refractivity contribution in [1.82, 2.24) is 0 Å². The summed E-state index contributed by atoms with van der Waals surface area (Å²) >= 11 is 0. The number of nitrogens with zero attached hydrogens (tertiary/aromatic N) is 1. The molecule has 0 aliphatic rings. The Hall–Kier alpha value is -3.67.